The van der Waals surface area contributed by atoms with Gasteiger partial charge in [0, 0.05) is 88.5 Å². The molecule has 2 N–H and O–H groups in total. The van der Waals surface area contributed by atoms with Gasteiger partial charge in [0.15, 0.2) is 11.6 Å². The number of aromatic nitrogens is 10. The highest BCUT2D eigenvalue weighted by atomic mass is 19.3. The number of rotatable bonds is 18. The molecule has 0 unspecified atom stereocenters. The summed E-state index contributed by atoms with van der Waals surface area (Å²) in [6, 6.07) is 10.8. The van der Waals surface area contributed by atoms with Crippen LogP contribution in [-0.2, 0) is 51.9 Å². The highest BCUT2D eigenvalue weighted by Crippen LogP contribution is 2.37. The van der Waals surface area contributed by atoms with E-state index in [-0.39, 0.29) is 68.2 Å². The van der Waals surface area contributed by atoms with E-state index in [1.54, 1.807) is 30.6 Å². The van der Waals surface area contributed by atoms with Crippen LogP contribution in [0.5, 0.6) is 0 Å². The van der Waals surface area contributed by atoms with Crippen LogP contribution in [-0.4, -0.2) is 66.3 Å². The van der Waals surface area contributed by atoms with E-state index in [1.165, 1.54) is 26.5 Å². The summed E-state index contributed by atoms with van der Waals surface area (Å²) in [5.41, 5.74) is 0.974. The Kier molecular flexibility index (Phi) is 16.1. The van der Waals surface area contributed by atoms with Crippen molar-refractivity contribution >= 4 is 11.8 Å². The Hall–Kier alpha value is -7.78. The maximum Gasteiger partial charge on any atom is 0.331 e. The van der Waals surface area contributed by atoms with Crippen LogP contribution in [0, 0.1) is 11.8 Å². The van der Waals surface area contributed by atoms with E-state index in [2.05, 4.69) is 54.0 Å². The van der Waals surface area contributed by atoms with Gasteiger partial charge in [-0.2, -0.15) is 9.97 Å². The number of carbonyl (C=O) groups is 2. The number of hydrogen-bond donors (Lipinski definition) is 2. The average Bonchev–Trinajstić information content (AvgIpc) is 4.22. The van der Waals surface area contributed by atoms with Crippen molar-refractivity contribution in [1.29, 1.82) is 0 Å². The minimum atomic E-state index is -2.64. The molecule has 8 heterocycles. The predicted molar refractivity (Wildman–Crippen MR) is 270 cm³/mol. The van der Waals surface area contributed by atoms with Gasteiger partial charge in [-0.25, -0.2) is 18.4 Å². The molecule has 2 amide bonds. The van der Waals surface area contributed by atoms with Crippen molar-refractivity contribution in [2.24, 2.45) is 11.8 Å². The molecule has 6 aromatic heterocycles. The van der Waals surface area contributed by atoms with Crippen molar-refractivity contribution < 1.29 is 27.4 Å². The summed E-state index contributed by atoms with van der Waals surface area (Å²) in [5.74, 6) is -1.29. The molecule has 2 aliphatic heterocycles. The smallest absolute Gasteiger partial charge is 0.331 e. The molecule has 22 heteroatoms. The van der Waals surface area contributed by atoms with E-state index in [4.69, 9.17) is 9.05 Å². The van der Waals surface area contributed by atoms with Crippen LogP contribution in [0.3, 0.4) is 0 Å². The van der Waals surface area contributed by atoms with Crippen molar-refractivity contribution in [3.05, 3.63) is 149 Å². The second-order valence-corrected chi connectivity index (χ2v) is 19.8. The molecular formula is C53H60F2N12O8. The molecule has 0 saturated heterocycles. The first-order valence-corrected chi connectivity index (χ1v) is 25.8. The summed E-state index contributed by atoms with van der Waals surface area (Å²) in [6.07, 6.45) is 13.4. The highest BCUT2D eigenvalue weighted by Gasteiger charge is 2.36. The molecule has 2 saturated carbocycles. The van der Waals surface area contributed by atoms with Gasteiger partial charge in [-0.15, -0.1) is 0 Å². The Labute approximate surface area is 429 Å². The Morgan fingerprint density at radius 3 is 1.45 bits per heavy atom. The molecule has 20 nitrogen and oxygen atoms in total. The predicted octanol–water partition coefficient (Wildman–Crippen LogP) is 6.35. The van der Waals surface area contributed by atoms with Crippen LogP contribution < -0.4 is 33.1 Å². The van der Waals surface area contributed by atoms with Gasteiger partial charge in [0.1, 0.15) is 22.8 Å². The van der Waals surface area contributed by atoms with Crippen LogP contribution in [0.25, 0.3) is 23.2 Å². The van der Waals surface area contributed by atoms with Crippen molar-refractivity contribution in [2.75, 3.05) is 0 Å². The zero-order valence-corrected chi connectivity index (χ0v) is 41.7. The van der Waals surface area contributed by atoms with Crippen LogP contribution in [0.15, 0.2) is 102 Å². The van der Waals surface area contributed by atoms with Gasteiger partial charge in [0.2, 0.25) is 5.92 Å². The molecule has 2 fully saturated rings. The quantitative estimate of drug-likeness (QED) is 0.0891. The number of halogens is 2. The summed E-state index contributed by atoms with van der Waals surface area (Å²) >= 11 is 0. The lowest BCUT2D eigenvalue weighted by Crippen LogP contribution is -2.48. The standard InChI is InChI=1S/C27H30F2N6O4.C26H30N6O4/c1-17-16-19-22(23(36)31-17)34(15-10-18-8-11-27(28,29)12-9-18)26(38)35(25(19)37)14-5-3-7-21-32-24(39-33-21)20-6-2-4-13-30-20;1-17-16-19-22(23(33)28-17)31(15-12-18-8-2-3-9-18)26(35)32(25(19)34)14-7-5-11-21-29-24(36-30-21)20-10-4-6-13-27-20/h2,4,6,13,18H,1,3,5,7-12,14-16H2,(H,31,36);4,6,10,13,18H,1-3,5,7-9,11-12,14-16H2,(H,28,33). The van der Waals surface area contributed by atoms with Crippen molar-refractivity contribution in [3.8, 4) is 23.2 Å². The molecule has 0 atom stereocenters. The summed E-state index contributed by atoms with van der Waals surface area (Å²) in [7, 11) is 0. The van der Waals surface area contributed by atoms with E-state index < -0.39 is 40.2 Å². The van der Waals surface area contributed by atoms with Gasteiger partial charge in [0.05, 0.1) is 11.1 Å². The first-order chi connectivity index (χ1) is 36.2. The van der Waals surface area contributed by atoms with Crippen molar-refractivity contribution in [2.45, 2.75) is 148 Å². The fraction of sp³-hybridized carbons (Fsp3) is 0.472. The third kappa shape index (κ3) is 12.3. The lowest BCUT2D eigenvalue weighted by atomic mass is 9.85. The van der Waals surface area contributed by atoms with Gasteiger partial charge in [-0.3, -0.25) is 47.4 Å². The summed E-state index contributed by atoms with van der Waals surface area (Å²) in [5, 5.41) is 13.3. The number of fused-ring (bicyclic) bond motifs is 2. The highest BCUT2D eigenvalue weighted by molar-refractivity contribution is 5.97. The zero-order valence-electron chi connectivity index (χ0n) is 41.7. The van der Waals surface area contributed by atoms with Gasteiger partial charge in [-0.05, 0) is 87.5 Å². The largest absolute Gasteiger partial charge is 0.332 e. The van der Waals surface area contributed by atoms with E-state index >= 15 is 0 Å². The van der Waals surface area contributed by atoms with Crippen LogP contribution in [0.4, 0.5) is 8.78 Å². The molecular weight excluding hydrogens is 971 g/mol. The number of unbranched alkanes of at least 4 members (excludes halogenated alkanes) is 2. The molecule has 75 heavy (non-hydrogen) atoms. The fourth-order valence-corrected chi connectivity index (χ4v) is 10.4. The van der Waals surface area contributed by atoms with E-state index in [9.17, 15) is 37.5 Å². The Bertz CT molecular complexity index is 3310. The number of alkyl halides is 2. The molecule has 0 aromatic carbocycles. The van der Waals surface area contributed by atoms with Crippen LogP contribution >= 0.6 is 0 Å². The summed E-state index contributed by atoms with van der Waals surface area (Å²) < 4.78 is 43.0. The Morgan fingerprint density at radius 2 is 1.03 bits per heavy atom. The SMILES string of the molecule is C=C1Cc2c(n(CCC3CCC(F)(F)CC3)c(=O)n(CCCCc3noc(-c4ccccn4)n3)c2=O)C(=O)N1.C=C1Cc2c(n(CCC3CCCC3)c(=O)n(CCCCc3noc(-c4ccccn4)n3)c2=O)C(=O)N1. The first-order valence-electron chi connectivity index (χ1n) is 25.8. The number of carbonyl (C=O) groups excluding carboxylic acids is 2. The van der Waals surface area contributed by atoms with Crippen molar-refractivity contribution in [1.82, 2.24) is 59.2 Å². The number of nitrogens with one attached hydrogen (secondary N) is 2. The zero-order chi connectivity index (χ0) is 52.6. The first kappa shape index (κ1) is 52.1. The monoisotopic (exact) mass is 1030 g/mol. The maximum atomic E-state index is 13.6. The summed E-state index contributed by atoms with van der Waals surface area (Å²) in [6.45, 7) is 8.64. The topological polar surface area (TPSA) is 250 Å². The average molecular weight is 1030 g/mol. The van der Waals surface area contributed by atoms with Crippen LogP contribution in [0.1, 0.15) is 134 Å². The van der Waals surface area contributed by atoms with E-state index in [0.29, 0.717) is 122 Å². The lowest BCUT2D eigenvalue weighted by molar-refractivity contribution is -0.0469. The number of allylic oxidation sites excluding steroid dienone is 2. The fourth-order valence-electron chi connectivity index (χ4n) is 10.4. The number of pyridine rings is 2. The maximum absolute atomic E-state index is 13.6. The molecule has 2 aliphatic carbocycles. The number of amides is 2. The van der Waals surface area contributed by atoms with E-state index in [1.807, 2.05) is 18.2 Å². The van der Waals surface area contributed by atoms with Crippen molar-refractivity contribution in [3.63, 3.8) is 0 Å². The van der Waals surface area contributed by atoms with Gasteiger partial charge in [0.25, 0.3) is 34.7 Å². The van der Waals surface area contributed by atoms with E-state index in [0.717, 1.165) is 23.8 Å². The minimum absolute atomic E-state index is 0.0279. The minimum Gasteiger partial charge on any atom is -0.332 e. The van der Waals surface area contributed by atoms with Crippen LogP contribution in [0.2, 0.25) is 0 Å². The molecule has 4 aliphatic rings. The molecule has 0 bridgehead atoms. The van der Waals surface area contributed by atoms with Gasteiger partial charge < -0.3 is 19.7 Å². The lowest BCUT2D eigenvalue weighted by Gasteiger charge is -2.29. The number of aryl methyl sites for hydroxylation is 2. The molecule has 0 spiro atoms. The second-order valence-electron chi connectivity index (χ2n) is 19.8. The third-order valence-corrected chi connectivity index (χ3v) is 14.4. The molecule has 394 valence electrons. The summed E-state index contributed by atoms with van der Waals surface area (Å²) in [4.78, 5) is 96.0. The molecule has 0 radical (unpaired) electrons. The van der Waals surface area contributed by atoms with Gasteiger partial charge in [-0.1, -0.05) is 61.3 Å². The normalized spacial score (nSPS) is 16.5. The molecule has 10 rings (SSSR count). The Balaban J connectivity index is 0.000000184. The van der Waals surface area contributed by atoms with Gasteiger partial charge >= 0.3 is 11.4 Å². The second kappa shape index (κ2) is 23.2. The Morgan fingerprint density at radius 1 is 0.587 bits per heavy atom. The third-order valence-electron chi connectivity index (χ3n) is 14.4. The number of nitrogens with zero attached hydrogens (tertiary/aromatic N) is 10. The molecule has 6 aromatic rings. The number of hydrogen-bond acceptors (Lipinski definition) is 14.